The normalized spacial score (nSPS) is 18.3. The first kappa shape index (κ1) is 9.89. The van der Waals surface area contributed by atoms with Gasteiger partial charge in [0.1, 0.15) is 0 Å². The fraction of sp³-hybridized carbons (Fsp3) is 0.400. The van der Waals surface area contributed by atoms with Crippen molar-refractivity contribution in [3.63, 3.8) is 0 Å². The molecule has 0 spiro atoms. The molecule has 0 unspecified atom stereocenters. The molecule has 4 nitrogen and oxygen atoms in total. The molecular weight excluding hydrogens is 195 g/mol. The minimum atomic E-state index is -0.442. The van der Waals surface area contributed by atoms with Crippen molar-refractivity contribution >= 4 is 5.96 Å². The Morgan fingerprint density at radius 1 is 1.60 bits per heavy atom. The first-order chi connectivity index (χ1) is 7.29. The minimum absolute atomic E-state index is 0.442. The SMILES string of the molecule is CN=C1NCCN1Cc1ccc(F)nc1. The lowest BCUT2D eigenvalue weighted by atomic mass is 10.3. The van der Waals surface area contributed by atoms with Crippen molar-refractivity contribution in [3.8, 4) is 0 Å². The van der Waals surface area contributed by atoms with Crippen LogP contribution in [0.4, 0.5) is 4.39 Å². The molecule has 0 radical (unpaired) electrons. The van der Waals surface area contributed by atoms with E-state index in [1.165, 1.54) is 6.07 Å². The van der Waals surface area contributed by atoms with Gasteiger partial charge in [-0.25, -0.2) is 4.98 Å². The second-order valence-electron chi connectivity index (χ2n) is 3.38. The lowest BCUT2D eigenvalue weighted by molar-refractivity contribution is 0.454. The van der Waals surface area contributed by atoms with E-state index in [9.17, 15) is 4.39 Å². The number of pyridine rings is 1. The van der Waals surface area contributed by atoms with Crippen LogP contribution in [0.25, 0.3) is 0 Å². The van der Waals surface area contributed by atoms with E-state index in [0.717, 1.165) is 24.6 Å². The van der Waals surface area contributed by atoms with Crippen LogP contribution < -0.4 is 5.32 Å². The Bertz CT molecular complexity index is 360. The molecule has 1 saturated heterocycles. The fourth-order valence-electron chi connectivity index (χ4n) is 1.62. The largest absolute Gasteiger partial charge is 0.354 e. The van der Waals surface area contributed by atoms with Gasteiger partial charge >= 0.3 is 0 Å². The lowest BCUT2D eigenvalue weighted by Gasteiger charge is -2.16. The van der Waals surface area contributed by atoms with Crippen LogP contribution in [0, 0.1) is 5.95 Å². The van der Waals surface area contributed by atoms with Crippen molar-refractivity contribution in [2.75, 3.05) is 20.1 Å². The molecule has 1 aromatic rings. The van der Waals surface area contributed by atoms with Gasteiger partial charge in [-0.1, -0.05) is 6.07 Å². The predicted molar refractivity (Wildman–Crippen MR) is 56.0 cm³/mol. The van der Waals surface area contributed by atoms with Crippen LogP contribution in [-0.2, 0) is 6.54 Å². The molecule has 0 amide bonds. The highest BCUT2D eigenvalue weighted by molar-refractivity contribution is 5.81. The Balaban J connectivity index is 2.05. The van der Waals surface area contributed by atoms with E-state index in [4.69, 9.17) is 0 Å². The predicted octanol–water partition coefficient (Wildman–Crippen LogP) is 0.612. The summed E-state index contributed by atoms with van der Waals surface area (Å²) < 4.78 is 12.6. The number of halogens is 1. The fourth-order valence-corrected chi connectivity index (χ4v) is 1.62. The van der Waals surface area contributed by atoms with Crippen LogP contribution in [0.2, 0.25) is 0 Å². The molecule has 1 fully saturated rings. The molecule has 1 aliphatic rings. The summed E-state index contributed by atoms with van der Waals surface area (Å²) >= 11 is 0. The maximum atomic E-state index is 12.6. The second kappa shape index (κ2) is 4.25. The Morgan fingerprint density at radius 3 is 3.13 bits per heavy atom. The summed E-state index contributed by atoms with van der Waals surface area (Å²) in [6, 6.07) is 3.12. The quantitative estimate of drug-likeness (QED) is 0.724. The number of rotatable bonds is 2. The molecule has 1 N–H and O–H groups in total. The van der Waals surface area contributed by atoms with Gasteiger partial charge in [0.2, 0.25) is 5.95 Å². The highest BCUT2D eigenvalue weighted by atomic mass is 19.1. The number of hydrogen-bond acceptors (Lipinski definition) is 2. The summed E-state index contributed by atoms with van der Waals surface area (Å²) in [5.74, 6) is 0.446. The number of aliphatic imine (C=N–C) groups is 1. The summed E-state index contributed by atoms with van der Waals surface area (Å²) in [6.07, 6.45) is 1.56. The molecule has 2 heterocycles. The van der Waals surface area contributed by atoms with Gasteiger partial charge in [0, 0.05) is 32.9 Å². The van der Waals surface area contributed by atoms with E-state index < -0.39 is 5.95 Å². The van der Waals surface area contributed by atoms with Crippen molar-refractivity contribution < 1.29 is 4.39 Å². The number of nitrogens with zero attached hydrogens (tertiary/aromatic N) is 3. The second-order valence-corrected chi connectivity index (χ2v) is 3.38. The van der Waals surface area contributed by atoms with Gasteiger partial charge in [-0.15, -0.1) is 0 Å². The Morgan fingerprint density at radius 2 is 2.47 bits per heavy atom. The monoisotopic (exact) mass is 208 g/mol. The zero-order chi connectivity index (χ0) is 10.7. The third kappa shape index (κ3) is 2.23. The summed E-state index contributed by atoms with van der Waals surface area (Å²) in [5.41, 5.74) is 0.987. The van der Waals surface area contributed by atoms with Crippen LogP contribution in [-0.4, -0.2) is 36.0 Å². The third-order valence-electron chi connectivity index (χ3n) is 2.34. The number of nitrogens with one attached hydrogen (secondary N) is 1. The van der Waals surface area contributed by atoms with Crippen molar-refractivity contribution in [1.29, 1.82) is 0 Å². The standard InChI is InChI=1S/C10H13FN4/c1-12-10-13-4-5-15(10)7-8-2-3-9(11)14-6-8/h2-3,6H,4-5,7H2,1H3,(H,12,13). The maximum absolute atomic E-state index is 12.6. The molecule has 0 bridgehead atoms. The van der Waals surface area contributed by atoms with E-state index in [2.05, 4.69) is 20.2 Å². The van der Waals surface area contributed by atoms with Gasteiger partial charge in [0.25, 0.3) is 0 Å². The van der Waals surface area contributed by atoms with Crippen LogP contribution in [0.15, 0.2) is 23.3 Å². The minimum Gasteiger partial charge on any atom is -0.354 e. The first-order valence-electron chi connectivity index (χ1n) is 4.85. The summed E-state index contributed by atoms with van der Waals surface area (Å²) in [5, 5.41) is 3.17. The van der Waals surface area contributed by atoms with Crippen LogP contribution in [0.1, 0.15) is 5.56 Å². The average molecular weight is 208 g/mol. The number of guanidine groups is 1. The van der Waals surface area contributed by atoms with Gasteiger partial charge in [-0.05, 0) is 11.6 Å². The average Bonchev–Trinajstić information content (AvgIpc) is 2.69. The Labute approximate surface area is 87.8 Å². The highest BCUT2D eigenvalue weighted by Gasteiger charge is 2.16. The molecule has 2 rings (SSSR count). The zero-order valence-electron chi connectivity index (χ0n) is 8.57. The first-order valence-corrected chi connectivity index (χ1v) is 4.85. The van der Waals surface area contributed by atoms with Gasteiger partial charge < -0.3 is 10.2 Å². The molecule has 0 aromatic carbocycles. The highest BCUT2D eigenvalue weighted by Crippen LogP contribution is 2.06. The topological polar surface area (TPSA) is 40.5 Å². The van der Waals surface area contributed by atoms with Gasteiger partial charge in [-0.3, -0.25) is 4.99 Å². The van der Waals surface area contributed by atoms with Crippen LogP contribution in [0.3, 0.4) is 0 Å². The third-order valence-corrected chi connectivity index (χ3v) is 2.34. The van der Waals surface area contributed by atoms with Crippen LogP contribution >= 0.6 is 0 Å². The van der Waals surface area contributed by atoms with E-state index in [1.54, 1.807) is 19.3 Å². The van der Waals surface area contributed by atoms with Gasteiger partial charge in [0.15, 0.2) is 5.96 Å². The van der Waals surface area contributed by atoms with Gasteiger partial charge in [0.05, 0.1) is 0 Å². The molecule has 0 saturated carbocycles. The Hall–Kier alpha value is -1.65. The molecule has 15 heavy (non-hydrogen) atoms. The maximum Gasteiger partial charge on any atom is 0.212 e. The summed E-state index contributed by atoms with van der Waals surface area (Å²) in [4.78, 5) is 9.84. The molecule has 80 valence electrons. The molecule has 0 aliphatic carbocycles. The van der Waals surface area contributed by atoms with Crippen molar-refractivity contribution in [1.82, 2.24) is 15.2 Å². The summed E-state index contributed by atoms with van der Waals surface area (Å²) in [7, 11) is 1.75. The van der Waals surface area contributed by atoms with Crippen molar-refractivity contribution in [2.45, 2.75) is 6.54 Å². The lowest BCUT2D eigenvalue weighted by Crippen LogP contribution is -2.29. The van der Waals surface area contributed by atoms with E-state index in [1.807, 2.05) is 0 Å². The molecular formula is C10H13FN4. The van der Waals surface area contributed by atoms with E-state index in [-0.39, 0.29) is 0 Å². The zero-order valence-corrected chi connectivity index (χ0v) is 8.57. The number of hydrogen-bond donors (Lipinski definition) is 1. The van der Waals surface area contributed by atoms with Crippen molar-refractivity contribution in [3.05, 3.63) is 29.8 Å². The molecule has 1 aliphatic heterocycles. The smallest absolute Gasteiger partial charge is 0.212 e. The summed E-state index contributed by atoms with van der Waals surface area (Å²) in [6.45, 7) is 2.54. The Kier molecular flexibility index (Phi) is 2.80. The van der Waals surface area contributed by atoms with Gasteiger partial charge in [-0.2, -0.15) is 4.39 Å². The molecule has 1 aromatic heterocycles. The van der Waals surface area contributed by atoms with Crippen LogP contribution in [0.5, 0.6) is 0 Å². The molecule has 5 heteroatoms. The number of aromatic nitrogens is 1. The van der Waals surface area contributed by atoms with Crippen molar-refractivity contribution in [2.24, 2.45) is 4.99 Å². The molecule has 0 atom stereocenters. The van der Waals surface area contributed by atoms with E-state index in [0.29, 0.717) is 6.54 Å². The van der Waals surface area contributed by atoms with E-state index >= 15 is 0 Å².